The monoisotopic (exact) mass is 396 g/mol. The highest BCUT2D eigenvalue weighted by atomic mass is 16.5. The number of hydrogen-bond donors (Lipinski definition) is 1. The highest BCUT2D eigenvalue weighted by Gasteiger charge is 2.11. The number of hydrogen-bond acceptors (Lipinski definition) is 4. The van der Waals surface area contributed by atoms with Crippen LogP contribution in [0.4, 0.5) is 5.69 Å². The molecule has 0 saturated carbocycles. The number of carbonyl (C=O) groups is 1. The van der Waals surface area contributed by atoms with Gasteiger partial charge in [0.15, 0.2) is 0 Å². The molecule has 5 heteroatoms. The van der Waals surface area contributed by atoms with Gasteiger partial charge >= 0.3 is 0 Å². The molecule has 0 bridgehead atoms. The molecule has 0 aliphatic carbocycles. The minimum atomic E-state index is -0.112. The molecule has 156 valence electrons. The molecule has 29 heavy (non-hydrogen) atoms. The van der Waals surface area contributed by atoms with Gasteiger partial charge in [-0.1, -0.05) is 25.0 Å². The van der Waals surface area contributed by atoms with Crippen LogP contribution in [0.15, 0.2) is 42.5 Å². The minimum absolute atomic E-state index is 0.112. The smallest absolute Gasteiger partial charge is 0.251 e. The van der Waals surface area contributed by atoms with Crippen LogP contribution in [-0.4, -0.2) is 39.8 Å². The lowest BCUT2D eigenvalue weighted by Gasteiger charge is -2.22. The fraction of sp³-hybridized carbons (Fsp3) is 0.458. The molecule has 1 aliphatic heterocycles. The number of ether oxygens (including phenoxy) is 2. The molecule has 0 unspecified atom stereocenters. The minimum Gasteiger partial charge on any atom is -0.497 e. The van der Waals surface area contributed by atoms with Crippen LogP contribution in [-0.2, 0) is 6.42 Å². The third kappa shape index (κ3) is 6.14. The summed E-state index contributed by atoms with van der Waals surface area (Å²) < 4.78 is 10.5. The summed E-state index contributed by atoms with van der Waals surface area (Å²) in [5.74, 6) is 1.11. The number of carbonyl (C=O) groups excluding carboxylic acids is 1. The Morgan fingerprint density at radius 3 is 2.14 bits per heavy atom. The van der Waals surface area contributed by atoms with Crippen LogP contribution >= 0.6 is 0 Å². The number of methoxy groups -OCH3 is 2. The Bertz CT molecular complexity index is 759. The number of rotatable bonds is 8. The van der Waals surface area contributed by atoms with Crippen LogP contribution in [0.25, 0.3) is 0 Å². The average molecular weight is 397 g/mol. The quantitative estimate of drug-likeness (QED) is 0.670. The van der Waals surface area contributed by atoms with Crippen molar-refractivity contribution in [1.82, 2.24) is 5.32 Å². The van der Waals surface area contributed by atoms with Crippen LogP contribution in [0.2, 0.25) is 0 Å². The van der Waals surface area contributed by atoms with Gasteiger partial charge in [0.25, 0.3) is 5.91 Å². The van der Waals surface area contributed by atoms with Crippen molar-refractivity contribution in [1.29, 1.82) is 0 Å². The van der Waals surface area contributed by atoms with E-state index >= 15 is 0 Å². The first-order valence-electron chi connectivity index (χ1n) is 10.5. The molecule has 0 aromatic heterocycles. The van der Waals surface area contributed by atoms with Crippen LogP contribution in [0.1, 0.15) is 48.0 Å². The van der Waals surface area contributed by atoms with E-state index in [-0.39, 0.29) is 5.91 Å². The Labute approximate surface area is 174 Å². The van der Waals surface area contributed by atoms with Crippen LogP contribution in [0.5, 0.6) is 11.5 Å². The summed E-state index contributed by atoms with van der Waals surface area (Å²) in [6.07, 6.45) is 7.13. The van der Waals surface area contributed by atoms with Gasteiger partial charge in [0.05, 0.1) is 14.2 Å². The number of benzene rings is 2. The molecule has 1 heterocycles. The van der Waals surface area contributed by atoms with Crippen LogP contribution in [0.3, 0.4) is 0 Å². The summed E-state index contributed by atoms with van der Waals surface area (Å²) in [7, 11) is 3.16. The second-order valence-electron chi connectivity index (χ2n) is 7.53. The van der Waals surface area contributed by atoms with Crippen molar-refractivity contribution in [3.8, 4) is 11.5 Å². The number of amides is 1. The third-order valence-corrected chi connectivity index (χ3v) is 5.45. The summed E-state index contributed by atoms with van der Waals surface area (Å²) in [6, 6.07) is 14.1. The maximum absolute atomic E-state index is 12.4. The van der Waals surface area contributed by atoms with Gasteiger partial charge in [-0.2, -0.15) is 0 Å². The van der Waals surface area contributed by atoms with Crippen molar-refractivity contribution in [2.45, 2.75) is 38.5 Å². The summed E-state index contributed by atoms with van der Waals surface area (Å²) in [5.41, 5.74) is 3.18. The fourth-order valence-electron chi connectivity index (χ4n) is 3.74. The second-order valence-corrected chi connectivity index (χ2v) is 7.53. The Morgan fingerprint density at radius 2 is 1.55 bits per heavy atom. The second kappa shape index (κ2) is 10.7. The van der Waals surface area contributed by atoms with Gasteiger partial charge in [0.2, 0.25) is 0 Å². The van der Waals surface area contributed by atoms with Crippen molar-refractivity contribution >= 4 is 11.6 Å². The first-order chi connectivity index (χ1) is 14.2. The molecule has 3 rings (SSSR count). The Morgan fingerprint density at radius 1 is 0.931 bits per heavy atom. The fourth-order valence-corrected chi connectivity index (χ4v) is 3.74. The summed E-state index contributed by atoms with van der Waals surface area (Å²) in [5, 5.41) is 2.98. The predicted octanol–water partition coefficient (Wildman–Crippen LogP) is 4.45. The zero-order chi connectivity index (χ0) is 20.5. The Balaban J connectivity index is 1.46. The van der Waals surface area contributed by atoms with E-state index in [9.17, 15) is 4.79 Å². The van der Waals surface area contributed by atoms with Gasteiger partial charge in [-0.3, -0.25) is 4.79 Å². The SMILES string of the molecule is COc1cc(OC)cc(C(=O)NCCCc2ccc(N3CCCCCC3)cc2)c1. The molecule has 0 atom stereocenters. The summed E-state index contributed by atoms with van der Waals surface area (Å²) in [6.45, 7) is 2.97. The maximum Gasteiger partial charge on any atom is 0.251 e. The number of anilines is 1. The van der Waals surface area contributed by atoms with Gasteiger partial charge in [0, 0.05) is 37.0 Å². The van der Waals surface area contributed by atoms with Gasteiger partial charge in [-0.25, -0.2) is 0 Å². The topological polar surface area (TPSA) is 50.8 Å². The molecule has 0 spiro atoms. The third-order valence-electron chi connectivity index (χ3n) is 5.45. The van der Waals surface area contributed by atoms with E-state index in [0.717, 1.165) is 12.8 Å². The highest BCUT2D eigenvalue weighted by Crippen LogP contribution is 2.23. The maximum atomic E-state index is 12.4. The Kier molecular flexibility index (Phi) is 7.79. The van der Waals surface area contributed by atoms with Crippen molar-refractivity contribution in [2.75, 3.05) is 38.8 Å². The van der Waals surface area contributed by atoms with Gasteiger partial charge in [0.1, 0.15) is 11.5 Å². The average Bonchev–Trinajstić information content (AvgIpc) is 3.06. The molecule has 1 aliphatic rings. The lowest BCUT2D eigenvalue weighted by atomic mass is 10.1. The molecule has 2 aromatic carbocycles. The van der Waals surface area contributed by atoms with E-state index in [2.05, 4.69) is 34.5 Å². The van der Waals surface area contributed by atoms with Gasteiger partial charge < -0.3 is 19.7 Å². The molecular formula is C24H32N2O3. The lowest BCUT2D eigenvalue weighted by molar-refractivity contribution is 0.0952. The number of nitrogens with zero attached hydrogens (tertiary/aromatic N) is 1. The Hall–Kier alpha value is -2.69. The van der Waals surface area contributed by atoms with Crippen molar-refractivity contribution < 1.29 is 14.3 Å². The van der Waals surface area contributed by atoms with Crippen molar-refractivity contribution in [3.05, 3.63) is 53.6 Å². The standard InChI is InChI=1S/C24H32N2O3/c1-28-22-16-20(17-23(18-22)29-2)24(27)25-13-7-8-19-9-11-21(12-10-19)26-14-5-3-4-6-15-26/h9-12,16-18H,3-8,13-15H2,1-2H3,(H,25,27). The molecule has 0 radical (unpaired) electrons. The first kappa shape index (κ1) is 21.0. The number of aryl methyl sites for hydroxylation is 1. The molecule has 1 saturated heterocycles. The van der Waals surface area contributed by atoms with Crippen molar-refractivity contribution in [3.63, 3.8) is 0 Å². The predicted molar refractivity (Wildman–Crippen MR) is 117 cm³/mol. The zero-order valence-electron chi connectivity index (χ0n) is 17.6. The van der Waals surface area contributed by atoms with Gasteiger partial charge in [-0.15, -0.1) is 0 Å². The van der Waals surface area contributed by atoms with E-state index in [0.29, 0.717) is 23.6 Å². The van der Waals surface area contributed by atoms with Crippen molar-refractivity contribution in [2.24, 2.45) is 0 Å². The molecule has 1 fully saturated rings. The van der Waals surface area contributed by atoms with E-state index in [1.165, 1.54) is 50.0 Å². The number of nitrogens with one attached hydrogen (secondary N) is 1. The van der Waals surface area contributed by atoms with E-state index < -0.39 is 0 Å². The zero-order valence-corrected chi connectivity index (χ0v) is 17.6. The largest absolute Gasteiger partial charge is 0.497 e. The van der Waals surface area contributed by atoms with E-state index in [1.54, 1.807) is 32.4 Å². The van der Waals surface area contributed by atoms with E-state index in [1.807, 2.05) is 0 Å². The highest BCUT2D eigenvalue weighted by molar-refractivity contribution is 5.95. The molecule has 5 nitrogen and oxygen atoms in total. The first-order valence-corrected chi connectivity index (χ1v) is 10.5. The lowest BCUT2D eigenvalue weighted by Crippen LogP contribution is -2.25. The van der Waals surface area contributed by atoms with Gasteiger partial charge in [-0.05, 0) is 55.5 Å². The normalized spacial score (nSPS) is 14.2. The molecule has 2 aromatic rings. The molecular weight excluding hydrogens is 364 g/mol. The summed E-state index contributed by atoms with van der Waals surface area (Å²) >= 11 is 0. The summed E-state index contributed by atoms with van der Waals surface area (Å²) in [4.78, 5) is 14.9. The van der Waals surface area contributed by atoms with Crippen LogP contribution in [0, 0.1) is 0 Å². The molecule has 1 N–H and O–H groups in total. The van der Waals surface area contributed by atoms with Crippen LogP contribution < -0.4 is 19.7 Å². The van der Waals surface area contributed by atoms with E-state index in [4.69, 9.17) is 9.47 Å². The molecule has 1 amide bonds.